The first kappa shape index (κ1) is 12.5. The molecule has 5 heteroatoms. The molecule has 2 aromatic heterocycles. The summed E-state index contributed by atoms with van der Waals surface area (Å²) in [4.78, 5) is 21.2. The molecule has 0 aliphatic rings. The molecule has 20 heavy (non-hydrogen) atoms. The van der Waals surface area contributed by atoms with Crippen LogP contribution in [0.25, 0.3) is 11.0 Å². The fraction of sp³-hybridized carbons (Fsp3) is 0.200. The van der Waals surface area contributed by atoms with Crippen molar-refractivity contribution in [1.82, 2.24) is 14.9 Å². The summed E-state index contributed by atoms with van der Waals surface area (Å²) in [6.45, 7) is 2.42. The van der Waals surface area contributed by atoms with Crippen LogP contribution in [0.15, 0.2) is 41.3 Å². The minimum atomic E-state index is -0.0258. The van der Waals surface area contributed by atoms with Gasteiger partial charge >= 0.3 is 0 Å². The standard InChI is InChI=1S/C15H15N3O2/c1-10-12(5-6-20-10)8-18(2)15(19)11-3-4-13-14(7-11)17-9-16-13/h3-7,9H,8H2,1-2H3,(H,16,17). The number of furan rings is 1. The lowest BCUT2D eigenvalue weighted by Crippen LogP contribution is -2.26. The van der Waals surface area contributed by atoms with Crippen molar-refractivity contribution in [2.75, 3.05) is 7.05 Å². The zero-order valence-electron chi connectivity index (χ0n) is 11.4. The minimum absolute atomic E-state index is 0.0258. The summed E-state index contributed by atoms with van der Waals surface area (Å²) in [6.07, 6.45) is 3.26. The quantitative estimate of drug-likeness (QED) is 0.795. The van der Waals surface area contributed by atoms with Gasteiger partial charge in [-0.25, -0.2) is 4.98 Å². The molecule has 0 radical (unpaired) electrons. The van der Waals surface area contributed by atoms with Crippen molar-refractivity contribution in [2.24, 2.45) is 0 Å². The molecular formula is C15H15N3O2. The van der Waals surface area contributed by atoms with Crippen LogP contribution in [0.2, 0.25) is 0 Å². The molecule has 5 nitrogen and oxygen atoms in total. The first-order valence-corrected chi connectivity index (χ1v) is 6.37. The SMILES string of the molecule is Cc1occc1CN(C)C(=O)c1ccc2nc[nH]c2c1. The van der Waals surface area contributed by atoms with Gasteiger partial charge in [0.2, 0.25) is 0 Å². The molecule has 0 saturated heterocycles. The van der Waals surface area contributed by atoms with Crippen LogP contribution in [0.3, 0.4) is 0 Å². The largest absolute Gasteiger partial charge is 0.469 e. The second-order valence-electron chi connectivity index (χ2n) is 4.80. The molecule has 0 unspecified atom stereocenters. The van der Waals surface area contributed by atoms with E-state index in [0.29, 0.717) is 12.1 Å². The van der Waals surface area contributed by atoms with E-state index in [9.17, 15) is 4.79 Å². The molecule has 2 heterocycles. The Kier molecular flexibility index (Phi) is 3.02. The van der Waals surface area contributed by atoms with E-state index in [4.69, 9.17) is 4.42 Å². The normalized spacial score (nSPS) is 10.9. The summed E-state index contributed by atoms with van der Waals surface area (Å²) in [7, 11) is 1.78. The van der Waals surface area contributed by atoms with Gasteiger partial charge in [-0.1, -0.05) is 0 Å². The van der Waals surface area contributed by atoms with Crippen LogP contribution in [-0.4, -0.2) is 27.8 Å². The second-order valence-corrected chi connectivity index (χ2v) is 4.80. The lowest BCUT2D eigenvalue weighted by Gasteiger charge is -2.16. The van der Waals surface area contributed by atoms with E-state index in [1.807, 2.05) is 25.1 Å². The average Bonchev–Trinajstić information content (AvgIpc) is 3.06. The van der Waals surface area contributed by atoms with Gasteiger partial charge in [-0.05, 0) is 31.2 Å². The molecule has 0 bridgehead atoms. The summed E-state index contributed by atoms with van der Waals surface area (Å²) in [5, 5.41) is 0. The molecule has 1 N–H and O–H groups in total. The maximum Gasteiger partial charge on any atom is 0.253 e. The fourth-order valence-electron chi connectivity index (χ4n) is 2.19. The number of hydrogen-bond donors (Lipinski definition) is 1. The smallest absolute Gasteiger partial charge is 0.253 e. The Morgan fingerprint density at radius 2 is 2.25 bits per heavy atom. The van der Waals surface area contributed by atoms with E-state index in [1.165, 1.54) is 0 Å². The third-order valence-electron chi connectivity index (χ3n) is 3.39. The van der Waals surface area contributed by atoms with Crippen molar-refractivity contribution < 1.29 is 9.21 Å². The van der Waals surface area contributed by atoms with E-state index in [0.717, 1.165) is 22.4 Å². The van der Waals surface area contributed by atoms with Gasteiger partial charge in [0.1, 0.15) is 5.76 Å². The topological polar surface area (TPSA) is 62.1 Å². The van der Waals surface area contributed by atoms with Gasteiger partial charge < -0.3 is 14.3 Å². The first-order valence-electron chi connectivity index (χ1n) is 6.37. The Bertz CT molecular complexity index is 757. The van der Waals surface area contributed by atoms with Crippen molar-refractivity contribution in [3.05, 3.63) is 53.7 Å². The molecule has 1 aromatic carbocycles. The van der Waals surface area contributed by atoms with Gasteiger partial charge in [0.25, 0.3) is 5.91 Å². The number of nitrogens with one attached hydrogen (secondary N) is 1. The number of fused-ring (bicyclic) bond motifs is 1. The van der Waals surface area contributed by atoms with Crippen LogP contribution in [0.4, 0.5) is 0 Å². The van der Waals surface area contributed by atoms with Crippen LogP contribution >= 0.6 is 0 Å². The zero-order valence-corrected chi connectivity index (χ0v) is 11.4. The van der Waals surface area contributed by atoms with Crippen molar-refractivity contribution in [3.8, 4) is 0 Å². The van der Waals surface area contributed by atoms with Crippen LogP contribution < -0.4 is 0 Å². The highest BCUT2D eigenvalue weighted by Crippen LogP contribution is 2.16. The van der Waals surface area contributed by atoms with Crippen molar-refractivity contribution >= 4 is 16.9 Å². The molecule has 102 valence electrons. The Morgan fingerprint density at radius 3 is 3.00 bits per heavy atom. The lowest BCUT2D eigenvalue weighted by atomic mass is 10.1. The summed E-state index contributed by atoms with van der Waals surface area (Å²) in [6, 6.07) is 7.35. The van der Waals surface area contributed by atoms with Gasteiger partial charge in [-0.15, -0.1) is 0 Å². The number of hydrogen-bond acceptors (Lipinski definition) is 3. The number of carbonyl (C=O) groups excluding carboxylic acids is 1. The van der Waals surface area contributed by atoms with Crippen molar-refractivity contribution in [1.29, 1.82) is 0 Å². The number of amides is 1. The Morgan fingerprint density at radius 1 is 1.40 bits per heavy atom. The zero-order chi connectivity index (χ0) is 14.1. The number of carbonyl (C=O) groups is 1. The molecule has 3 rings (SSSR count). The van der Waals surface area contributed by atoms with E-state index in [2.05, 4.69) is 9.97 Å². The fourth-order valence-corrected chi connectivity index (χ4v) is 2.19. The number of benzene rings is 1. The maximum atomic E-state index is 12.4. The molecule has 0 aliphatic carbocycles. The van der Waals surface area contributed by atoms with Gasteiger partial charge in [-0.2, -0.15) is 0 Å². The van der Waals surface area contributed by atoms with Gasteiger partial charge in [0.05, 0.1) is 23.6 Å². The first-order chi connectivity index (χ1) is 9.65. The third kappa shape index (κ3) is 2.18. The lowest BCUT2D eigenvalue weighted by molar-refractivity contribution is 0.0785. The van der Waals surface area contributed by atoms with Crippen LogP contribution in [0.1, 0.15) is 21.7 Å². The molecule has 0 fully saturated rings. The molecule has 0 aliphatic heterocycles. The van der Waals surface area contributed by atoms with Crippen molar-refractivity contribution in [2.45, 2.75) is 13.5 Å². The Balaban J connectivity index is 1.82. The van der Waals surface area contributed by atoms with E-state index in [1.54, 1.807) is 30.6 Å². The Labute approximate surface area is 116 Å². The monoisotopic (exact) mass is 269 g/mol. The predicted molar refractivity (Wildman–Crippen MR) is 75.3 cm³/mol. The molecule has 1 amide bonds. The number of nitrogens with zero attached hydrogens (tertiary/aromatic N) is 2. The maximum absolute atomic E-state index is 12.4. The summed E-state index contributed by atoms with van der Waals surface area (Å²) in [5.41, 5.74) is 3.38. The van der Waals surface area contributed by atoms with E-state index in [-0.39, 0.29) is 5.91 Å². The third-order valence-corrected chi connectivity index (χ3v) is 3.39. The highest BCUT2D eigenvalue weighted by Gasteiger charge is 2.14. The molecule has 0 atom stereocenters. The van der Waals surface area contributed by atoms with E-state index >= 15 is 0 Å². The average molecular weight is 269 g/mol. The number of rotatable bonds is 3. The minimum Gasteiger partial charge on any atom is -0.469 e. The highest BCUT2D eigenvalue weighted by molar-refractivity contribution is 5.97. The molecule has 3 aromatic rings. The molecule has 0 spiro atoms. The van der Waals surface area contributed by atoms with Crippen LogP contribution in [0.5, 0.6) is 0 Å². The van der Waals surface area contributed by atoms with E-state index < -0.39 is 0 Å². The molecule has 0 saturated carbocycles. The number of aromatic amines is 1. The number of H-pyrrole nitrogens is 1. The van der Waals surface area contributed by atoms with Crippen LogP contribution in [-0.2, 0) is 6.54 Å². The van der Waals surface area contributed by atoms with Crippen LogP contribution in [0, 0.1) is 6.92 Å². The second kappa shape index (κ2) is 4.85. The van der Waals surface area contributed by atoms with Gasteiger partial charge in [0.15, 0.2) is 0 Å². The summed E-state index contributed by atoms with van der Waals surface area (Å²) in [5.74, 6) is 0.816. The number of aromatic nitrogens is 2. The van der Waals surface area contributed by atoms with Gasteiger partial charge in [-0.3, -0.25) is 4.79 Å². The summed E-state index contributed by atoms with van der Waals surface area (Å²) >= 11 is 0. The highest BCUT2D eigenvalue weighted by atomic mass is 16.3. The summed E-state index contributed by atoms with van der Waals surface area (Å²) < 4.78 is 5.25. The Hall–Kier alpha value is -2.56. The molecular weight excluding hydrogens is 254 g/mol. The predicted octanol–water partition coefficient (Wildman–Crippen LogP) is 2.74. The van der Waals surface area contributed by atoms with Crippen molar-refractivity contribution in [3.63, 3.8) is 0 Å². The van der Waals surface area contributed by atoms with Gasteiger partial charge in [0, 0.05) is 24.7 Å². The number of imidazole rings is 1. The number of aryl methyl sites for hydroxylation is 1.